The molecule has 0 aliphatic carbocycles. The Labute approximate surface area is 292 Å². The van der Waals surface area contributed by atoms with Crippen molar-refractivity contribution in [2.75, 3.05) is 0 Å². The minimum absolute atomic E-state index is 1.17. The first-order valence-electron chi connectivity index (χ1n) is 17.2. The summed E-state index contributed by atoms with van der Waals surface area (Å²) in [6, 6.07) is 64.9. The Morgan fingerprint density at radius 2 is 0.980 bits per heavy atom. The van der Waals surface area contributed by atoms with Crippen molar-refractivity contribution in [2.24, 2.45) is 0 Å². The second-order valence-electron chi connectivity index (χ2n) is 13.2. The zero-order valence-electron chi connectivity index (χ0n) is 27.1. The summed E-state index contributed by atoms with van der Waals surface area (Å²) < 4.78 is 5.15. The minimum atomic E-state index is 1.17. The number of nitrogens with zero attached hydrogens (tertiary/aromatic N) is 1. The number of benzene rings is 9. The third-order valence-corrected chi connectivity index (χ3v) is 11.7. The zero-order valence-corrected chi connectivity index (χ0v) is 27.9. The van der Waals surface area contributed by atoms with E-state index in [4.69, 9.17) is 0 Å². The van der Waals surface area contributed by atoms with Gasteiger partial charge in [-0.1, -0.05) is 146 Å². The van der Waals surface area contributed by atoms with E-state index in [0.29, 0.717) is 0 Å². The van der Waals surface area contributed by atoms with Gasteiger partial charge in [0.1, 0.15) is 0 Å². The van der Waals surface area contributed by atoms with E-state index < -0.39 is 0 Å². The predicted octanol–water partition coefficient (Wildman–Crippen LogP) is 13.9. The van der Waals surface area contributed by atoms with Crippen LogP contribution in [0.15, 0.2) is 176 Å². The summed E-state index contributed by atoms with van der Waals surface area (Å²) in [5.74, 6) is 0. The molecular formula is C48H29NS. The van der Waals surface area contributed by atoms with Crippen molar-refractivity contribution in [1.29, 1.82) is 0 Å². The maximum Gasteiger partial charge on any atom is 0.0634 e. The molecule has 1 nitrogen and oxygen atoms in total. The number of aromatic nitrogens is 1. The lowest BCUT2D eigenvalue weighted by molar-refractivity contribution is 1.19. The lowest BCUT2D eigenvalue weighted by Crippen LogP contribution is -1.96. The average Bonchev–Trinajstić information content (AvgIpc) is 3.73. The summed E-state index contributed by atoms with van der Waals surface area (Å²) in [6.07, 6.45) is 0. The van der Waals surface area contributed by atoms with Gasteiger partial charge in [-0.2, -0.15) is 0 Å². The summed E-state index contributed by atoms with van der Waals surface area (Å²) in [5.41, 5.74) is 8.72. The lowest BCUT2D eigenvalue weighted by Gasteiger charge is -2.19. The lowest BCUT2D eigenvalue weighted by atomic mass is 9.84. The Bertz CT molecular complexity index is 3100. The monoisotopic (exact) mass is 651 g/mol. The molecule has 0 unspecified atom stereocenters. The van der Waals surface area contributed by atoms with Crippen LogP contribution in [0, 0.1) is 0 Å². The third-order valence-electron chi connectivity index (χ3n) is 10.6. The van der Waals surface area contributed by atoms with Crippen molar-refractivity contribution in [3.63, 3.8) is 0 Å². The van der Waals surface area contributed by atoms with Crippen molar-refractivity contribution >= 4 is 85.6 Å². The van der Waals surface area contributed by atoms with E-state index in [1.807, 2.05) is 11.3 Å². The average molecular weight is 652 g/mol. The molecule has 2 aromatic heterocycles. The standard InChI is InChI=1S/C48H29NS/c1-2-17-33-30(13-1)14-12-24-35(33)46-38-21-5-3-19-36(38)45(37-20-4-6-22-39(37)46)31-15-11-16-32(29-31)49-42-25-9-7-18-34(42)40-27-28-44-47(48(40)49)41-23-8-10-26-43(41)50-44/h1-29H. The topological polar surface area (TPSA) is 4.93 Å². The molecule has 0 saturated heterocycles. The molecule has 50 heavy (non-hydrogen) atoms. The fourth-order valence-corrected chi connectivity index (χ4v) is 9.62. The molecule has 0 saturated carbocycles. The molecule has 0 spiro atoms. The third kappa shape index (κ3) is 3.88. The molecule has 9 aromatic carbocycles. The maximum atomic E-state index is 2.50. The largest absolute Gasteiger partial charge is 0.309 e. The Kier molecular flexibility index (Phi) is 5.89. The number of para-hydroxylation sites is 1. The molecule has 0 N–H and O–H groups in total. The van der Waals surface area contributed by atoms with Gasteiger partial charge in [0.05, 0.1) is 11.0 Å². The molecule has 0 fully saturated rings. The summed E-state index contributed by atoms with van der Waals surface area (Å²) in [6.45, 7) is 0. The van der Waals surface area contributed by atoms with Crippen LogP contribution in [0.2, 0.25) is 0 Å². The van der Waals surface area contributed by atoms with Crippen molar-refractivity contribution in [3.8, 4) is 27.9 Å². The van der Waals surface area contributed by atoms with Gasteiger partial charge in [-0.25, -0.2) is 0 Å². The van der Waals surface area contributed by atoms with Crippen LogP contribution in [-0.2, 0) is 0 Å². The van der Waals surface area contributed by atoms with Crippen LogP contribution < -0.4 is 0 Å². The summed E-state index contributed by atoms with van der Waals surface area (Å²) >= 11 is 1.88. The molecule has 0 amide bonds. The summed E-state index contributed by atoms with van der Waals surface area (Å²) in [5, 5.41) is 12.8. The van der Waals surface area contributed by atoms with Gasteiger partial charge in [0.2, 0.25) is 0 Å². The molecule has 0 atom stereocenters. The molecule has 0 aliphatic rings. The molecular weight excluding hydrogens is 623 g/mol. The van der Waals surface area contributed by atoms with Gasteiger partial charge in [0.15, 0.2) is 0 Å². The maximum absolute atomic E-state index is 2.50. The SMILES string of the molecule is c1cc(-c2c3ccccc3c(-c3cccc4ccccc34)c3ccccc23)cc(-n2c3ccccc3c3ccc4sc5ccccc5c4c32)c1. The Hall–Kier alpha value is -6.22. The van der Waals surface area contributed by atoms with Crippen LogP contribution in [0.1, 0.15) is 0 Å². The Balaban J connectivity index is 1.24. The van der Waals surface area contributed by atoms with Gasteiger partial charge in [-0.15, -0.1) is 11.3 Å². The highest BCUT2D eigenvalue weighted by Gasteiger charge is 2.21. The number of hydrogen-bond donors (Lipinski definition) is 0. The Morgan fingerprint density at radius 1 is 0.380 bits per heavy atom. The van der Waals surface area contributed by atoms with Crippen LogP contribution in [0.5, 0.6) is 0 Å². The molecule has 0 aliphatic heterocycles. The molecule has 11 rings (SSSR count). The van der Waals surface area contributed by atoms with Crippen molar-refractivity contribution < 1.29 is 0 Å². The number of fused-ring (bicyclic) bond motifs is 10. The van der Waals surface area contributed by atoms with E-state index in [1.165, 1.54) is 102 Å². The zero-order chi connectivity index (χ0) is 32.8. The first-order chi connectivity index (χ1) is 24.8. The predicted molar refractivity (Wildman–Crippen MR) is 217 cm³/mol. The van der Waals surface area contributed by atoms with Crippen LogP contribution in [0.25, 0.3) is 102 Å². The molecule has 0 radical (unpaired) electrons. The molecule has 232 valence electrons. The van der Waals surface area contributed by atoms with Crippen LogP contribution in [0.4, 0.5) is 0 Å². The number of hydrogen-bond acceptors (Lipinski definition) is 1. The minimum Gasteiger partial charge on any atom is -0.309 e. The first-order valence-corrected chi connectivity index (χ1v) is 18.0. The number of thiophene rings is 1. The highest BCUT2D eigenvalue weighted by molar-refractivity contribution is 7.26. The van der Waals surface area contributed by atoms with Gasteiger partial charge in [0, 0.05) is 36.6 Å². The highest BCUT2D eigenvalue weighted by atomic mass is 32.1. The van der Waals surface area contributed by atoms with Crippen molar-refractivity contribution in [1.82, 2.24) is 4.57 Å². The van der Waals surface area contributed by atoms with Crippen molar-refractivity contribution in [3.05, 3.63) is 176 Å². The molecule has 11 aromatic rings. The van der Waals surface area contributed by atoms with Gasteiger partial charge in [-0.05, 0) is 84.9 Å². The normalized spacial score (nSPS) is 12.0. The van der Waals surface area contributed by atoms with E-state index in [2.05, 4.69) is 180 Å². The summed E-state index contributed by atoms with van der Waals surface area (Å²) in [4.78, 5) is 0. The van der Waals surface area contributed by atoms with Gasteiger partial charge >= 0.3 is 0 Å². The quantitative estimate of drug-likeness (QED) is 0.168. The summed E-state index contributed by atoms with van der Waals surface area (Å²) in [7, 11) is 0. The van der Waals surface area contributed by atoms with Crippen LogP contribution in [-0.4, -0.2) is 4.57 Å². The molecule has 2 heterocycles. The Morgan fingerprint density at radius 3 is 1.76 bits per heavy atom. The van der Waals surface area contributed by atoms with E-state index in [-0.39, 0.29) is 0 Å². The van der Waals surface area contributed by atoms with E-state index in [9.17, 15) is 0 Å². The fourth-order valence-electron chi connectivity index (χ4n) is 8.51. The van der Waals surface area contributed by atoms with E-state index in [0.717, 1.165) is 0 Å². The molecule has 2 heteroatoms. The first kappa shape index (κ1) is 27.7. The number of rotatable bonds is 3. The van der Waals surface area contributed by atoms with Crippen molar-refractivity contribution in [2.45, 2.75) is 0 Å². The van der Waals surface area contributed by atoms with Gasteiger partial charge in [-0.3, -0.25) is 0 Å². The van der Waals surface area contributed by atoms with Crippen LogP contribution in [0.3, 0.4) is 0 Å². The highest BCUT2D eigenvalue weighted by Crippen LogP contribution is 2.47. The van der Waals surface area contributed by atoms with Gasteiger partial charge in [0.25, 0.3) is 0 Å². The van der Waals surface area contributed by atoms with Gasteiger partial charge < -0.3 is 4.57 Å². The second kappa shape index (κ2) is 10.6. The fraction of sp³-hybridized carbons (Fsp3) is 0. The van der Waals surface area contributed by atoms with E-state index in [1.54, 1.807) is 0 Å². The van der Waals surface area contributed by atoms with Crippen LogP contribution >= 0.6 is 11.3 Å². The second-order valence-corrected chi connectivity index (χ2v) is 14.3. The molecule has 0 bridgehead atoms. The van der Waals surface area contributed by atoms with E-state index >= 15 is 0 Å². The smallest absolute Gasteiger partial charge is 0.0634 e.